The van der Waals surface area contributed by atoms with Crippen molar-refractivity contribution in [1.82, 2.24) is 14.9 Å². The lowest BCUT2D eigenvalue weighted by Crippen LogP contribution is -2.24. The highest BCUT2D eigenvalue weighted by atomic mass is 16.2. The molecule has 4 nitrogen and oxygen atoms in total. The van der Waals surface area contributed by atoms with Gasteiger partial charge < -0.3 is 4.90 Å². The zero-order valence-electron chi connectivity index (χ0n) is 9.65. The summed E-state index contributed by atoms with van der Waals surface area (Å²) in [6.07, 6.45) is 7.88. The van der Waals surface area contributed by atoms with Gasteiger partial charge in [0.25, 0.3) is 5.91 Å². The van der Waals surface area contributed by atoms with Gasteiger partial charge in [-0.2, -0.15) is 0 Å². The molecule has 0 saturated carbocycles. The minimum atomic E-state index is 0.0899. The molecule has 86 valence electrons. The molecule has 0 unspecified atom stereocenters. The molecular weight excluding hydrogens is 202 g/mol. The smallest absolute Gasteiger partial charge is 0.257 e. The summed E-state index contributed by atoms with van der Waals surface area (Å²) in [7, 11) is 0. The maximum absolute atomic E-state index is 11.9. The molecule has 0 bridgehead atoms. The molecule has 1 aliphatic heterocycles. The van der Waals surface area contributed by atoms with Gasteiger partial charge in [0.15, 0.2) is 0 Å². The van der Waals surface area contributed by atoms with Crippen molar-refractivity contribution in [2.24, 2.45) is 0 Å². The van der Waals surface area contributed by atoms with E-state index in [0.717, 1.165) is 18.7 Å². The number of hydrogen-bond donors (Lipinski definition) is 0. The SMILES string of the molecule is CCCCCCN1Cc2ncncc2C1=O. The second kappa shape index (κ2) is 5.05. The summed E-state index contributed by atoms with van der Waals surface area (Å²) >= 11 is 0. The van der Waals surface area contributed by atoms with Crippen LogP contribution >= 0.6 is 0 Å². The van der Waals surface area contributed by atoms with E-state index in [4.69, 9.17) is 0 Å². The van der Waals surface area contributed by atoms with Gasteiger partial charge in [0.2, 0.25) is 0 Å². The lowest BCUT2D eigenvalue weighted by molar-refractivity contribution is 0.0775. The van der Waals surface area contributed by atoms with Gasteiger partial charge in [-0.1, -0.05) is 26.2 Å². The summed E-state index contributed by atoms with van der Waals surface area (Å²) in [6.45, 7) is 3.68. The highest BCUT2D eigenvalue weighted by Crippen LogP contribution is 2.19. The largest absolute Gasteiger partial charge is 0.333 e. The molecule has 2 heterocycles. The first kappa shape index (κ1) is 11.0. The maximum atomic E-state index is 11.9. The van der Waals surface area contributed by atoms with Crippen LogP contribution in [0.5, 0.6) is 0 Å². The van der Waals surface area contributed by atoms with Crippen molar-refractivity contribution in [2.75, 3.05) is 6.54 Å². The Morgan fingerprint density at radius 1 is 1.38 bits per heavy atom. The monoisotopic (exact) mass is 219 g/mol. The Hall–Kier alpha value is -1.45. The molecule has 0 radical (unpaired) electrons. The van der Waals surface area contributed by atoms with Crippen molar-refractivity contribution in [3.05, 3.63) is 23.8 Å². The van der Waals surface area contributed by atoms with Gasteiger partial charge in [-0.15, -0.1) is 0 Å². The molecular formula is C12H17N3O. The Labute approximate surface area is 95.7 Å². The first-order chi connectivity index (χ1) is 7.83. The molecule has 0 atom stereocenters. The molecule has 1 aromatic rings. The van der Waals surface area contributed by atoms with Gasteiger partial charge in [-0.3, -0.25) is 4.79 Å². The third-order valence-electron chi connectivity index (χ3n) is 2.93. The van der Waals surface area contributed by atoms with Crippen LogP contribution in [-0.4, -0.2) is 27.3 Å². The second-order valence-corrected chi connectivity index (χ2v) is 4.17. The normalized spacial score (nSPS) is 14.3. The predicted octanol–water partition coefficient (Wildman–Crippen LogP) is 2.01. The van der Waals surface area contributed by atoms with Gasteiger partial charge >= 0.3 is 0 Å². The van der Waals surface area contributed by atoms with E-state index in [0.29, 0.717) is 12.1 Å². The molecule has 1 amide bonds. The molecule has 0 saturated heterocycles. The zero-order valence-corrected chi connectivity index (χ0v) is 9.65. The first-order valence-corrected chi connectivity index (χ1v) is 5.91. The predicted molar refractivity (Wildman–Crippen MR) is 60.9 cm³/mol. The highest BCUT2D eigenvalue weighted by Gasteiger charge is 2.27. The van der Waals surface area contributed by atoms with Crippen LogP contribution in [0.2, 0.25) is 0 Å². The second-order valence-electron chi connectivity index (χ2n) is 4.17. The summed E-state index contributed by atoms with van der Waals surface area (Å²) in [5.74, 6) is 0.0899. The maximum Gasteiger partial charge on any atom is 0.257 e. The Morgan fingerprint density at radius 3 is 3.00 bits per heavy atom. The molecule has 0 N–H and O–H groups in total. The van der Waals surface area contributed by atoms with Crippen molar-refractivity contribution in [1.29, 1.82) is 0 Å². The molecule has 2 rings (SSSR count). The summed E-state index contributed by atoms with van der Waals surface area (Å²) in [4.78, 5) is 21.8. The minimum Gasteiger partial charge on any atom is -0.333 e. The van der Waals surface area contributed by atoms with Gasteiger partial charge in [0.05, 0.1) is 17.8 Å². The minimum absolute atomic E-state index is 0.0899. The van der Waals surface area contributed by atoms with Crippen LogP contribution in [0.4, 0.5) is 0 Å². The van der Waals surface area contributed by atoms with Gasteiger partial charge in [0, 0.05) is 12.7 Å². The Morgan fingerprint density at radius 2 is 2.25 bits per heavy atom. The first-order valence-electron chi connectivity index (χ1n) is 5.91. The van der Waals surface area contributed by atoms with E-state index in [1.165, 1.54) is 25.6 Å². The summed E-state index contributed by atoms with van der Waals surface area (Å²) in [5.41, 5.74) is 1.55. The average Bonchev–Trinajstić information content (AvgIpc) is 2.63. The van der Waals surface area contributed by atoms with E-state index in [9.17, 15) is 4.79 Å². The molecule has 4 heteroatoms. The van der Waals surface area contributed by atoms with E-state index in [-0.39, 0.29) is 5.91 Å². The van der Waals surface area contributed by atoms with E-state index in [1.807, 2.05) is 4.90 Å². The standard InChI is InChI=1S/C12H17N3O/c1-2-3-4-5-6-15-8-11-10(12(15)16)7-13-9-14-11/h7,9H,2-6,8H2,1H3. The fourth-order valence-corrected chi connectivity index (χ4v) is 1.99. The van der Waals surface area contributed by atoms with Gasteiger partial charge in [-0.05, 0) is 6.42 Å². The molecule has 0 fully saturated rings. The number of unbranched alkanes of at least 4 members (excludes halogenated alkanes) is 3. The van der Waals surface area contributed by atoms with E-state index in [1.54, 1.807) is 6.20 Å². The Kier molecular flexibility index (Phi) is 3.49. The fraction of sp³-hybridized carbons (Fsp3) is 0.583. The van der Waals surface area contributed by atoms with Crippen molar-refractivity contribution >= 4 is 5.91 Å². The number of hydrogen-bond acceptors (Lipinski definition) is 3. The number of carbonyl (C=O) groups is 1. The number of carbonyl (C=O) groups excluding carboxylic acids is 1. The molecule has 0 aliphatic carbocycles. The van der Waals surface area contributed by atoms with E-state index >= 15 is 0 Å². The third-order valence-corrected chi connectivity index (χ3v) is 2.93. The van der Waals surface area contributed by atoms with Crippen LogP contribution < -0.4 is 0 Å². The zero-order chi connectivity index (χ0) is 11.4. The van der Waals surface area contributed by atoms with E-state index < -0.39 is 0 Å². The average molecular weight is 219 g/mol. The topological polar surface area (TPSA) is 46.1 Å². The lowest BCUT2D eigenvalue weighted by Gasteiger charge is -2.14. The van der Waals surface area contributed by atoms with Crippen LogP contribution in [0, 0.1) is 0 Å². The van der Waals surface area contributed by atoms with Crippen molar-refractivity contribution < 1.29 is 4.79 Å². The Bertz CT molecular complexity index is 378. The quantitative estimate of drug-likeness (QED) is 0.712. The van der Waals surface area contributed by atoms with Gasteiger partial charge in [0.1, 0.15) is 6.33 Å². The van der Waals surface area contributed by atoms with Crippen LogP contribution in [0.1, 0.15) is 48.7 Å². The van der Waals surface area contributed by atoms with Crippen LogP contribution in [-0.2, 0) is 6.54 Å². The Balaban J connectivity index is 1.89. The van der Waals surface area contributed by atoms with E-state index in [2.05, 4.69) is 16.9 Å². The van der Waals surface area contributed by atoms with Gasteiger partial charge in [-0.25, -0.2) is 9.97 Å². The number of aromatic nitrogens is 2. The van der Waals surface area contributed by atoms with Crippen LogP contribution in [0.15, 0.2) is 12.5 Å². The van der Waals surface area contributed by atoms with Crippen molar-refractivity contribution in [2.45, 2.75) is 39.2 Å². The molecule has 16 heavy (non-hydrogen) atoms. The van der Waals surface area contributed by atoms with Crippen LogP contribution in [0.25, 0.3) is 0 Å². The number of nitrogens with zero attached hydrogens (tertiary/aromatic N) is 3. The number of rotatable bonds is 5. The van der Waals surface area contributed by atoms with Crippen LogP contribution in [0.3, 0.4) is 0 Å². The molecule has 0 aromatic carbocycles. The molecule has 1 aromatic heterocycles. The fourth-order valence-electron chi connectivity index (χ4n) is 1.99. The number of amides is 1. The summed E-state index contributed by atoms with van der Waals surface area (Å²) < 4.78 is 0. The summed E-state index contributed by atoms with van der Waals surface area (Å²) in [5, 5.41) is 0. The molecule has 1 aliphatic rings. The highest BCUT2D eigenvalue weighted by molar-refractivity contribution is 5.97. The molecule has 0 spiro atoms. The third kappa shape index (κ3) is 2.21. The van der Waals surface area contributed by atoms with Crippen molar-refractivity contribution in [3.8, 4) is 0 Å². The number of fused-ring (bicyclic) bond motifs is 1. The lowest BCUT2D eigenvalue weighted by atomic mass is 10.2. The summed E-state index contributed by atoms with van der Waals surface area (Å²) in [6, 6.07) is 0. The van der Waals surface area contributed by atoms with Crippen molar-refractivity contribution in [3.63, 3.8) is 0 Å².